The smallest absolute Gasteiger partial charge is 0.340 e. The summed E-state index contributed by atoms with van der Waals surface area (Å²) in [6, 6.07) is 7.71. The molecule has 1 atom stereocenters. The molecule has 0 aromatic heterocycles. The van der Waals surface area contributed by atoms with Gasteiger partial charge in [-0.1, -0.05) is 38.1 Å². The Labute approximate surface area is 153 Å². The second-order valence-corrected chi connectivity index (χ2v) is 7.67. The van der Waals surface area contributed by atoms with Gasteiger partial charge in [0.2, 0.25) is 5.88 Å². The summed E-state index contributed by atoms with van der Waals surface area (Å²) in [4.78, 5) is 25.7. The van der Waals surface area contributed by atoms with Gasteiger partial charge in [-0.3, -0.25) is 4.79 Å². The summed E-state index contributed by atoms with van der Waals surface area (Å²) in [5.74, 6) is -0.491. The van der Waals surface area contributed by atoms with E-state index in [2.05, 4.69) is 0 Å². The third-order valence-electron chi connectivity index (χ3n) is 4.95. The Morgan fingerprint density at radius 1 is 1.31 bits per heavy atom. The summed E-state index contributed by atoms with van der Waals surface area (Å²) < 4.78 is 11.0. The predicted octanol–water partition coefficient (Wildman–Crippen LogP) is 3.49. The molecule has 1 aromatic rings. The minimum Gasteiger partial charge on any atom is -0.462 e. The first-order valence-electron chi connectivity index (χ1n) is 8.91. The second kappa shape index (κ2) is 6.63. The number of nitrogens with two attached hydrogens (primary N) is 1. The van der Waals surface area contributed by atoms with Crippen molar-refractivity contribution < 1.29 is 19.1 Å². The molecule has 0 amide bonds. The Bertz CT molecular complexity index is 832. The number of Topliss-reactive ketones (excluding diaryl/α,β-unsaturated/α-hetero) is 1. The normalized spacial score (nSPS) is 22.0. The van der Waals surface area contributed by atoms with E-state index in [9.17, 15) is 9.59 Å². The van der Waals surface area contributed by atoms with Crippen molar-refractivity contribution in [3.63, 3.8) is 0 Å². The van der Waals surface area contributed by atoms with E-state index in [-0.39, 0.29) is 29.3 Å². The highest BCUT2D eigenvalue weighted by Gasteiger charge is 2.45. The lowest BCUT2D eigenvalue weighted by atomic mass is 9.69. The molecule has 0 unspecified atom stereocenters. The number of hydrogen-bond donors (Lipinski definition) is 1. The Kier molecular flexibility index (Phi) is 4.65. The molecule has 2 N–H and O–H groups in total. The number of carbonyl (C=O) groups excluding carboxylic acids is 2. The molecule has 1 aliphatic heterocycles. The van der Waals surface area contributed by atoms with Gasteiger partial charge in [0, 0.05) is 18.4 Å². The van der Waals surface area contributed by atoms with E-state index >= 15 is 0 Å². The number of benzene rings is 1. The number of hydrogen-bond acceptors (Lipinski definition) is 5. The molecule has 1 aromatic carbocycles. The Balaban J connectivity index is 2.21. The molecule has 5 nitrogen and oxygen atoms in total. The number of ketones is 1. The van der Waals surface area contributed by atoms with Gasteiger partial charge in [0.15, 0.2) is 5.78 Å². The van der Waals surface area contributed by atoms with Gasteiger partial charge < -0.3 is 15.2 Å². The summed E-state index contributed by atoms with van der Waals surface area (Å²) in [7, 11) is 0. The zero-order valence-corrected chi connectivity index (χ0v) is 15.7. The summed E-state index contributed by atoms with van der Waals surface area (Å²) >= 11 is 0. The van der Waals surface area contributed by atoms with E-state index < -0.39 is 11.9 Å². The predicted molar refractivity (Wildman–Crippen MR) is 97.9 cm³/mol. The average Bonchev–Trinajstić information content (AvgIpc) is 2.53. The van der Waals surface area contributed by atoms with E-state index in [0.717, 1.165) is 11.1 Å². The molecule has 0 bridgehead atoms. The monoisotopic (exact) mass is 355 g/mol. The summed E-state index contributed by atoms with van der Waals surface area (Å²) in [5, 5.41) is 0. The number of ether oxygens (including phenoxy) is 2. The molecule has 3 rings (SSSR count). The molecular formula is C21H25NO4. The van der Waals surface area contributed by atoms with Gasteiger partial charge >= 0.3 is 5.97 Å². The van der Waals surface area contributed by atoms with Crippen LogP contribution in [0.5, 0.6) is 0 Å². The van der Waals surface area contributed by atoms with E-state index in [1.807, 2.05) is 45.0 Å². The highest BCUT2D eigenvalue weighted by atomic mass is 16.5. The fourth-order valence-corrected chi connectivity index (χ4v) is 3.81. The van der Waals surface area contributed by atoms with E-state index in [0.29, 0.717) is 24.2 Å². The number of aryl methyl sites for hydroxylation is 1. The molecule has 1 aliphatic carbocycles. The van der Waals surface area contributed by atoms with Crippen LogP contribution < -0.4 is 5.73 Å². The first kappa shape index (κ1) is 18.2. The van der Waals surface area contributed by atoms with Crippen molar-refractivity contribution in [1.29, 1.82) is 0 Å². The standard InChI is InChI=1S/C21H25NO4/c1-5-25-20(24)18-16(13-9-7-6-8-12(13)2)17-14(23)10-21(3,4)11-15(17)26-19(18)22/h6-9,16H,5,10-11,22H2,1-4H3/t16-/m1/s1. The topological polar surface area (TPSA) is 78.6 Å². The quantitative estimate of drug-likeness (QED) is 0.840. The first-order valence-corrected chi connectivity index (χ1v) is 8.91. The number of allylic oxidation sites excluding steroid dienone is 2. The fourth-order valence-electron chi connectivity index (χ4n) is 3.81. The van der Waals surface area contributed by atoms with Crippen LogP contribution >= 0.6 is 0 Å². The molecule has 26 heavy (non-hydrogen) atoms. The zero-order chi connectivity index (χ0) is 19.1. The van der Waals surface area contributed by atoms with Gasteiger partial charge in [-0.05, 0) is 30.4 Å². The largest absolute Gasteiger partial charge is 0.462 e. The van der Waals surface area contributed by atoms with Crippen LogP contribution in [0, 0.1) is 12.3 Å². The third-order valence-corrected chi connectivity index (χ3v) is 4.95. The fraction of sp³-hybridized carbons (Fsp3) is 0.429. The SMILES string of the molecule is CCOC(=O)C1=C(N)OC2=C(C(=O)CC(C)(C)C2)[C@H]1c1ccccc1C. The first-order chi connectivity index (χ1) is 12.2. The van der Waals surface area contributed by atoms with Gasteiger partial charge in [0.1, 0.15) is 11.3 Å². The molecule has 1 heterocycles. The van der Waals surface area contributed by atoms with Crippen LogP contribution in [0.3, 0.4) is 0 Å². The summed E-state index contributed by atoms with van der Waals surface area (Å²) in [6.45, 7) is 7.98. The molecular weight excluding hydrogens is 330 g/mol. The van der Waals surface area contributed by atoms with Gasteiger partial charge in [-0.2, -0.15) is 0 Å². The van der Waals surface area contributed by atoms with Crippen molar-refractivity contribution in [2.45, 2.75) is 46.5 Å². The van der Waals surface area contributed by atoms with Gasteiger partial charge in [0.25, 0.3) is 0 Å². The van der Waals surface area contributed by atoms with Crippen LogP contribution in [0.2, 0.25) is 0 Å². The van der Waals surface area contributed by atoms with Gasteiger partial charge in [-0.25, -0.2) is 4.79 Å². The van der Waals surface area contributed by atoms with Crippen molar-refractivity contribution in [3.05, 3.63) is 58.2 Å². The van der Waals surface area contributed by atoms with Crippen LogP contribution in [0.1, 0.15) is 50.7 Å². The van der Waals surface area contributed by atoms with Crippen molar-refractivity contribution in [3.8, 4) is 0 Å². The van der Waals surface area contributed by atoms with Crippen LogP contribution in [-0.2, 0) is 19.1 Å². The Hall–Kier alpha value is -2.56. The summed E-state index contributed by atoms with van der Waals surface area (Å²) in [5.41, 5.74) is 8.56. The molecule has 0 radical (unpaired) electrons. The number of rotatable bonds is 3. The lowest BCUT2D eigenvalue weighted by Gasteiger charge is -2.38. The minimum atomic E-state index is -0.553. The Morgan fingerprint density at radius 2 is 2.00 bits per heavy atom. The lowest BCUT2D eigenvalue weighted by Crippen LogP contribution is -2.36. The second-order valence-electron chi connectivity index (χ2n) is 7.67. The maximum atomic E-state index is 13.0. The van der Waals surface area contributed by atoms with Crippen molar-refractivity contribution >= 4 is 11.8 Å². The van der Waals surface area contributed by atoms with Gasteiger partial charge in [0.05, 0.1) is 12.5 Å². The highest BCUT2D eigenvalue weighted by Crippen LogP contribution is 2.48. The van der Waals surface area contributed by atoms with E-state index in [4.69, 9.17) is 15.2 Å². The maximum absolute atomic E-state index is 13.0. The lowest BCUT2D eigenvalue weighted by molar-refractivity contribution is -0.139. The molecule has 5 heteroatoms. The van der Waals surface area contributed by atoms with Crippen molar-refractivity contribution in [1.82, 2.24) is 0 Å². The van der Waals surface area contributed by atoms with Crippen molar-refractivity contribution in [2.24, 2.45) is 11.1 Å². The van der Waals surface area contributed by atoms with Crippen molar-refractivity contribution in [2.75, 3.05) is 6.61 Å². The van der Waals surface area contributed by atoms with E-state index in [1.54, 1.807) is 6.92 Å². The molecule has 0 fully saturated rings. The molecule has 138 valence electrons. The third kappa shape index (κ3) is 3.14. The van der Waals surface area contributed by atoms with Crippen LogP contribution in [0.25, 0.3) is 0 Å². The van der Waals surface area contributed by atoms with Crippen LogP contribution in [-0.4, -0.2) is 18.4 Å². The zero-order valence-electron chi connectivity index (χ0n) is 15.7. The van der Waals surface area contributed by atoms with Crippen LogP contribution in [0.4, 0.5) is 0 Å². The summed E-state index contributed by atoms with van der Waals surface area (Å²) in [6.07, 6.45) is 1.01. The maximum Gasteiger partial charge on any atom is 0.340 e. The average molecular weight is 355 g/mol. The minimum absolute atomic E-state index is 0.00111. The number of esters is 1. The molecule has 0 saturated carbocycles. The highest BCUT2D eigenvalue weighted by molar-refractivity contribution is 6.03. The van der Waals surface area contributed by atoms with Gasteiger partial charge in [-0.15, -0.1) is 0 Å². The molecule has 0 spiro atoms. The molecule has 2 aliphatic rings. The Morgan fingerprint density at radius 3 is 2.65 bits per heavy atom. The molecule has 0 saturated heterocycles. The van der Waals surface area contributed by atoms with Crippen LogP contribution in [0.15, 0.2) is 47.1 Å². The number of carbonyl (C=O) groups is 2. The van der Waals surface area contributed by atoms with E-state index in [1.165, 1.54) is 0 Å².